The van der Waals surface area contributed by atoms with Gasteiger partial charge in [0.15, 0.2) is 0 Å². The second-order valence-corrected chi connectivity index (χ2v) is 7.90. The van der Waals surface area contributed by atoms with Crippen LogP contribution in [0.4, 0.5) is 0 Å². The SMILES string of the molecule is CC(C)[C@H](NC(=O)C1(c2ccccc2)CC1)c1cc(=O)[nH]c(-c2cccnc2)n1. The maximum absolute atomic E-state index is 13.2. The average Bonchev–Trinajstić information content (AvgIpc) is 3.54. The molecule has 0 spiro atoms. The van der Waals surface area contributed by atoms with Crippen molar-refractivity contribution in [2.75, 3.05) is 0 Å². The van der Waals surface area contributed by atoms with Crippen molar-refractivity contribution in [2.45, 2.75) is 38.1 Å². The minimum Gasteiger partial charge on any atom is -0.347 e. The Hall–Kier alpha value is -3.28. The Morgan fingerprint density at radius 1 is 1.14 bits per heavy atom. The first-order chi connectivity index (χ1) is 14.0. The summed E-state index contributed by atoms with van der Waals surface area (Å²) in [5.41, 5.74) is 1.60. The Balaban J connectivity index is 1.65. The van der Waals surface area contributed by atoms with Gasteiger partial charge in [-0.1, -0.05) is 44.2 Å². The van der Waals surface area contributed by atoms with E-state index in [0.717, 1.165) is 24.0 Å². The van der Waals surface area contributed by atoms with Crippen molar-refractivity contribution in [2.24, 2.45) is 5.92 Å². The fraction of sp³-hybridized carbons (Fsp3) is 0.304. The van der Waals surface area contributed by atoms with E-state index in [9.17, 15) is 9.59 Å². The standard InChI is InChI=1S/C23H24N4O2/c1-15(2)20(27-22(29)23(10-11-23)17-8-4-3-5-9-17)18-13-19(28)26-21(25-18)16-7-6-12-24-14-16/h3-9,12-15,20H,10-11H2,1-2H3,(H,27,29)(H,25,26,28)/t20-/m0/s1. The van der Waals surface area contributed by atoms with E-state index in [0.29, 0.717) is 11.5 Å². The third-order valence-electron chi connectivity index (χ3n) is 5.48. The van der Waals surface area contributed by atoms with E-state index < -0.39 is 5.41 Å². The predicted molar refractivity (Wildman–Crippen MR) is 111 cm³/mol. The maximum Gasteiger partial charge on any atom is 0.251 e. The summed E-state index contributed by atoms with van der Waals surface area (Å²) in [6, 6.07) is 14.6. The molecule has 0 radical (unpaired) electrons. The average molecular weight is 388 g/mol. The van der Waals surface area contributed by atoms with Crippen LogP contribution in [-0.4, -0.2) is 20.9 Å². The van der Waals surface area contributed by atoms with Gasteiger partial charge in [0.2, 0.25) is 5.91 Å². The highest BCUT2D eigenvalue weighted by atomic mass is 16.2. The Morgan fingerprint density at radius 2 is 1.90 bits per heavy atom. The first-order valence-corrected chi connectivity index (χ1v) is 9.88. The molecular weight excluding hydrogens is 364 g/mol. The molecule has 1 fully saturated rings. The topological polar surface area (TPSA) is 87.7 Å². The fourth-order valence-electron chi connectivity index (χ4n) is 3.67. The lowest BCUT2D eigenvalue weighted by molar-refractivity contribution is -0.124. The normalized spacial score (nSPS) is 15.7. The number of carbonyl (C=O) groups is 1. The van der Waals surface area contributed by atoms with Crippen LogP contribution in [0.25, 0.3) is 11.4 Å². The summed E-state index contributed by atoms with van der Waals surface area (Å²) in [5, 5.41) is 3.17. The fourth-order valence-corrected chi connectivity index (χ4v) is 3.67. The highest BCUT2D eigenvalue weighted by Gasteiger charge is 2.51. The Morgan fingerprint density at radius 3 is 2.52 bits per heavy atom. The zero-order chi connectivity index (χ0) is 20.4. The molecule has 1 aliphatic carbocycles. The summed E-state index contributed by atoms with van der Waals surface area (Å²) in [4.78, 5) is 37.0. The molecule has 1 amide bonds. The number of pyridine rings is 1. The van der Waals surface area contributed by atoms with Gasteiger partial charge in [-0.05, 0) is 36.5 Å². The molecule has 29 heavy (non-hydrogen) atoms. The number of H-pyrrole nitrogens is 1. The van der Waals surface area contributed by atoms with Gasteiger partial charge in [-0.2, -0.15) is 0 Å². The van der Waals surface area contributed by atoms with Crippen LogP contribution < -0.4 is 10.9 Å². The molecule has 0 unspecified atom stereocenters. The number of benzene rings is 1. The molecule has 2 aromatic heterocycles. The molecule has 4 rings (SSSR count). The van der Waals surface area contributed by atoms with Crippen LogP contribution in [0.3, 0.4) is 0 Å². The summed E-state index contributed by atoms with van der Waals surface area (Å²) >= 11 is 0. The van der Waals surface area contributed by atoms with E-state index in [1.165, 1.54) is 6.07 Å². The van der Waals surface area contributed by atoms with E-state index >= 15 is 0 Å². The number of amides is 1. The number of nitrogens with zero attached hydrogens (tertiary/aromatic N) is 2. The minimum atomic E-state index is -0.470. The molecule has 1 atom stereocenters. The van der Waals surface area contributed by atoms with Crippen molar-refractivity contribution in [3.63, 3.8) is 0 Å². The molecule has 1 aromatic carbocycles. The first kappa shape index (κ1) is 19.1. The van der Waals surface area contributed by atoms with Gasteiger partial charge in [0.25, 0.3) is 5.56 Å². The second-order valence-electron chi connectivity index (χ2n) is 7.90. The lowest BCUT2D eigenvalue weighted by atomic mass is 9.93. The van der Waals surface area contributed by atoms with Crippen molar-refractivity contribution in [3.8, 4) is 11.4 Å². The summed E-state index contributed by atoms with van der Waals surface area (Å²) in [6.45, 7) is 4.03. The monoisotopic (exact) mass is 388 g/mol. The van der Waals surface area contributed by atoms with E-state index in [1.54, 1.807) is 18.5 Å². The summed E-state index contributed by atoms with van der Waals surface area (Å²) in [6.07, 6.45) is 4.98. The minimum absolute atomic E-state index is 0.00703. The van der Waals surface area contributed by atoms with Crippen LogP contribution in [0.1, 0.15) is 44.0 Å². The van der Waals surface area contributed by atoms with Crippen molar-refractivity contribution >= 4 is 5.91 Å². The number of aromatic amines is 1. The zero-order valence-corrected chi connectivity index (χ0v) is 16.6. The molecule has 1 aliphatic rings. The number of hydrogen-bond acceptors (Lipinski definition) is 4. The van der Waals surface area contributed by atoms with E-state index in [2.05, 4.69) is 20.3 Å². The smallest absolute Gasteiger partial charge is 0.251 e. The van der Waals surface area contributed by atoms with Gasteiger partial charge in [-0.25, -0.2) is 4.98 Å². The van der Waals surface area contributed by atoms with Crippen LogP contribution in [0.5, 0.6) is 0 Å². The van der Waals surface area contributed by atoms with Gasteiger partial charge >= 0.3 is 0 Å². The van der Waals surface area contributed by atoms with Crippen molar-refractivity contribution in [1.82, 2.24) is 20.3 Å². The van der Waals surface area contributed by atoms with Gasteiger partial charge in [0.1, 0.15) is 5.82 Å². The number of rotatable bonds is 6. The third kappa shape index (κ3) is 3.83. The largest absolute Gasteiger partial charge is 0.347 e. The number of carbonyl (C=O) groups excluding carboxylic acids is 1. The van der Waals surface area contributed by atoms with Crippen LogP contribution >= 0.6 is 0 Å². The Bertz CT molecular complexity index is 1060. The zero-order valence-electron chi connectivity index (χ0n) is 16.6. The first-order valence-electron chi connectivity index (χ1n) is 9.88. The van der Waals surface area contributed by atoms with Crippen LogP contribution in [0, 0.1) is 5.92 Å². The summed E-state index contributed by atoms with van der Waals surface area (Å²) in [5.74, 6) is 0.513. The Labute approximate surface area is 169 Å². The molecule has 0 bridgehead atoms. The van der Waals surface area contributed by atoms with Crippen LogP contribution in [0.2, 0.25) is 0 Å². The highest BCUT2D eigenvalue weighted by Crippen LogP contribution is 2.48. The molecule has 0 saturated heterocycles. The molecule has 6 nitrogen and oxygen atoms in total. The number of nitrogens with one attached hydrogen (secondary N) is 2. The van der Waals surface area contributed by atoms with Crippen LogP contribution in [-0.2, 0) is 10.2 Å². The molecule has 1 saturated carbocycles. The van der Waals surface area contributed by atoms with Crippen molar-refractivity contribution in [1.29, 1.82) is 0 Å². The van der Waals surface area contributed by atoms with Gasteiger partial charge in [-0.15, -0.1) is 0 Å². The molecule has 2 N–H and O–H groups in total. The second kappa shape index (κ2) is 7.62. The van der Waals surface area contributed by atoms with Gasteiger partial charge < -0.3 is 10.3 Å². The lowest BCUT2D eigenvalue weighted by Crippen LogP contribution is -2.40. The Kier molecular flexibility index (Phi) is 5.01. The number of hydrogen-bond donors (Lipinski definition) is 2. The molecule has 148 valence electrons. The molecule has 2 heterocycles. The van der Waals surface area contributed by atoms with Crippen molar-refractivity contribution in [3.05, 3.63) is 82.5 Å². The molecule has 0 aliphatic heterocycles. The van der Waals surface area contributed by atoms with E-state index in [4.69, 9.17) is 0 Å². The van der Waals surface area contributed by atoms with Gasteiger partial charge in [-0.3, -0.25) is 14.6 Å². The lowest BCUT2D eigenvalue weighted by Gasteiger charge is -2.25. The van der Waals surface area contributed by atoms with E-state index in [-0.39, 0.29) is 23.4 Å². The highest BCUT2D eigenvalue weighted by molar-refractivity contribution is 5.91. The van der Waals surface area contributed by atoms with Crippen molar-refractivity contribution < 1.29 is 4.79 Å². The van der Waals surface area contributed by atoms with E-state index in [1.807, 2.05) is 50.2 Å². The number of aromatic nitrogens is 3. The predicted octanol–water partition coefficient (Wildman–Crippen LogP) is 3.38. The quantitative estimate of drug-likeness (QED) is 0.678. The molecule has 3 aromatic rings. The third-order valence-corrected chi connectivity index (χ3v) is 5.48. The molecular formula is C23H24N4O2. The maximum atomic E-state index is 13.2. The summed E-state index contributed by atoms with van der Waals surface area (Å²) < 4.78 is 0. The molecule has 6 heteroatoms. The summed E-state index contributed by atoms with van der Waals surface area (Å²) in [7, 11) is 0. The van der Waals surface area contributed by atoms with Gasteiger partial charge in [0.05, 0.1) is 17.2 Å². The van der Waals surface area contributed by atoms with Crippen LogP contribution in [0.15, 0.2) is 65.7 Å². The van der Waals surface area contributed by atoms with Gasteiger partial charge in [0, 0.05) is 24.0 Å².